The number of carbonyl (C=O) groups is 1. The second-order valence-electron chi connectivity index (χ2n) is 4.64. The first-order valence-corrected chi connectivity index (χ1v) is 5.74. The van der Waals surface area contributed by atoms with Crippen LogP contribution >= 0.6 is 0 Å². The van der Waals surface area contributed by atoms with Crippen molar-refractivity contribution < 1.29 is 14.1 Å². The monoisotopic (exact) mass is 269 g/mol. The Morgan fingerprint density at radius 3 is 2.47 bits per heavy atom. The Balaban J connectivity index is 3.22. The summed E-state index contributed by atoms with van der Waals surface area (Å²) >= 11 is 0. The molecule has 0 heterocycles. The van der Waals surface area contributed by atoms with Crippen LogP contribution in [0, 0.1) is 28.8 Å². The Labute approximate surface area is 109 Å². The number of hydrogen-bond donors (Lipinski definition) is 2. The predicted octanol–water partition coefficient (Wildman–Crippen LogP) is 1.96. The first-order chi connectivity index (χ1) is 8.73. The van der Waals surface area contributed by atoms with Gasteiger partial charge < -0.3 is 11.1 Å². The highest BCUT2D eigenvalue weighted by Crippen LogP contribution is 2.28. The third-order valence-corrected chi connectivity index (χ3v) is 2.76. The fourth-order valence-electron chi connectivity index (χ4n) is 1.67. The number of aryl methyl sites for hydroxylation is 1. The maximum absolute atomic E-state index is 13.4. The van der Waals surface area contributed by atoms with Crippen LogP contribution in [0.1, 0.15) is 19.4 Å². The van der Waals surface area contributed by atoms with E-state index in [0.29, 0.717) is 0 Å². The first-order valence-electron chi connectivity index (χ1n) is 5.74. The van der Waals surface area contributed by atoms with Gasteiger partial charge in [0.1, 0.15) is 17.5 Å². The van der Waals surface area contributed by atoms with E-state index in [9.17, 15) is 19.3 Å². The molecule has 0 saturated heterocycles. The topological polar surface area (TPSA) is 98.3 Å². The second kappa shape index (κ2) is 5.64. The van der Waals surface area contributed by atoms with Gasteiger partial charge in [0.05, 0.1) is 11.0 Å². The van der Waals surface area contributed by atoms with Gasteiger partial charge in [-0.15, -0.1) is 0 Å². The summed E-state index contributed by atoms with van der Waals surface area (Å²) in [5.41, 5.74) is 5.15. The summed E-state index contributed by atoms with van der Waals surface area (Å²) in [7, 11) is 0. The van der Waals surface area contributed by atoms with Gasteiger partial charge in [-0.25, -0.2) is 4.39 Å². The van der Waals surface area contributed by atoms with Crippen molar-refractivity contribution in [3.8, 4) is 0 Å². The third-order valence-electron chi connectivity index (χ3n) is 2.76. The van der Waals surface area contributed by atoms with Gasteiger partial charge in [0, 0.05) is 0 Å². The number of benzene rings is 1. The maximum Gasteiger partial charge on any atom is 0.295 e. The zero-order valence-electron chi connectivity index (χ0n) is 10.9. The largest absolute Gasteiger partial charge is 0.368 e. The molecular weight excluding hydrogens is 253 g/mol. The molecule has 0 spiro atoms. The normalized spacial score (nSPS) is 12.3. The second-order valence-corrected chi connectivity index (χ2v) is 4.64. The standard InChI is InChI=1S/C12H16FN3O3/c1-6(2)11(12(14)17)15-9-4-7(3)8(13)5-10(9)16(18)19/h4-6,11,15H,1-3H3,(H2,14,17). The molecule has 1 amide bonds. The van der Waals surface area contributed by atoms with Gasteiger partial charge in [0.2, 0.25) is 5.91 Å². The molecule has 1 rings (SSSR count). The number of anilines is 1. The van der Waals surface area contributed by atoms with Crippen molar-refractivity contribution in [2.45, 2.75) is 26.8 Å². The number of nitrogens with one attached hydrogen (secondary N) is 1. The van der Waals surface area contributed by atoms with Crippen LogP contribution in [0.5, 0.6) is 0 Å². The fraction of sp³-hybridized carbons (Fsp3) is 0.417. The van der Waals surface area contributed by atoms with Crippen molar-refractivity contribution in [2.24, 2.45) is 11.7 Å². The summed E-state index contributed by atoms with van der Waals surface area (Å²) in [6.07, 6.45) is 0. The van der Waals surface area contributed by atoms with Gasteiger partial charge in [0.15, 0.2) is 0 Å². The average Bonchev–Trinajstić information content (AvgIpc) is 2.28. The predicted molar refractivity (Wildman–Crippen MR) is 69.2 cm³/mol. The zero-order chi connectivity index (χ0) is 14.7. The SMILES string of the molecule is Cc1cc(NC(C(N)=O)C(C)C)c([N+](=O)[O-])cc1F. The molecule has 19 heavy (non-hydrogen) atoms. The molecule has 1 atom stereocenters. The zero-order valence-corrected chi connectivity index (χ0v) is 10.9. The maximum atomic E-state index is 13.4. The highest BCUT2D eigenvalue weighted by Gasteiger charge is 2.24. The van der Waals surface area contributed by atoms with E-state index in [0.717, 1.165) is 6.07 Å². The molecule has 0 saturated carbocycles. The molecule has 1 unspecified atom stereocenters. The molecule has 0 aliphatic rings. The molecule has 0 aliphatic heterocycles. The van der Waals surface area contributed by atoms with Crippen molar-refractivity contribution in [3.05, 3.63) is 33.6 Å². The van der Waals surface area contributed by atoms with E-state index in [1.165, 1.54) is 13.0 Å². The van der Waals surface area contributed by atoms with Crippen molar-refractivity contribution in [1.29, 1.82) is 0 Å². The number of halogens is 1. The van der Waals surface area contributed by atoms with E-state index in [-0.39, 0.29) is 17.2 Å². The number of rotatable bonds is 5. The lowest BCUT2D eigenvalue weighted by Gasteiger charge is -2.20. The van der Waals surface area contributed by atoms with Gasteiger partial charge in [-0.3, -0.25) is 14.9 Å². The number of carbonyl (C=O) groups excluding carboxylic acids is 1. The fourth-order valence-corrected chi connectivity index (χ4v) is 1.67. The smallest absolute Gasteiger partial charge is 0.295 e. The number of amides is 1. The molecule has 0 aromatic heterocycles. The minimum absolute atomic E-state index is 0.0846. The van der Waals surface area contributed by atoms with Gasteiger partial charge in [-0.05, 0) is 24.5 Å². The van der Waals surface area contributed by atoms with E-state index >= 15 is 0 Å². The minimum atomic E-state index is -0.761. The van der Waals surface area contributed by atoms with Crippen molar-refractivity contribution in [1.82, 2.24) is 0 Å². The van der Waals surface area contributed by atoms with Crippen LogP contribution in [0.2, 0.25) is 0 Å². The van der Waals surface area contributed by atoms with E-state index in [4.69, 9.17) is 5.73 Å². The quantitative estimate of drug-likeness (QED) is 0.630. The van der Waals surface area contributed by atoms with E-state index in [1.54, 1.807) is 13.8 Å². The van der Waals surface area contributed by atoms with Crippen LogP contribution in [0.25, 0.3) is 0 Å². The van der Waals surface area contributed by atoms with Crippen LogP contribution < -0.4 is 11.1 Å². The molecule has 0 radical (unpaired) electrons. The highest BCUT2D eigenvalue weighted by molar-refractivity contribution is 5.84. The molecular formula is C12H16FN3O3. The molecule has 1 aromatic carbocycles. The van der Waals surface area contributed by atoms with E-state index in [2.05, 4.69) is 5.32 Å². The summed E-state index contributed by atoms with van der Waals surface area (Å²) < 4.78 is 13.4. The Hall–Kier alpha value is -2.18. The first kappa shape index (κ1) is 14.9. The summed E-state index contributed by atoms with van der Waals surface area (Å²) in [6.45, 7) is 4.99. The van der Waals surface area contributed by atoms with Gasteiger partial charge >= 0.3 is 0 Å². The summed E-state index contributed by atoms with van der Waals surface area (Å²) in [6, 6.07) is 1.37. The summed E-state index contributed by atoms with van der Waals surface area (Å²) in [5.74, 6) is -1.44. The summed E-state index contributed by atoms with van der Waals surface area (Å²) in [5, 5.41) is 13.6. The molecule has 0 aliphatic carbocycles. The lowest BCUT2D eigenvalue weighted by molar-refractivity contribution is -0.384. The van der Waals surface area contributed by atoms with Crippen LogP contribution in [0.4, 0.5) is 15.8 Å². The number of nitro groups is 1. The van der Waals surface area contributed by atoms with Crippen LogP contribution in [-0.2, 0) is 4.79 Å². The summed E-state index contributed by atoms with van der Waals surface area (Å²) in [4.78, 5) is 21.5. The number of nitrogens with zero attached hydrogens (tertiary/aromatic N) is 1. The molecule has 1 aromatic rings. The number of hydrogen-bond acceptors (Lipinski definition) is 4. The lowest BCUT2D eigenvalue weighted by atomic mass is 10.0. The number of nitrogens with two attached hydrogens (primary N) is 1. The Bertz CT molecular complexity index is 517. The number of primary amides is 1. The van der Waals surface area contributed by atoms with Gasteiger partial charge in [-0.2, -0.15) is 0 Å². The molecule has 0 bridgehead atoms. The van der Waals surface area contributed by atoms with Gasteiger partial charge in [0.25, 0.3) is 5.69 Å². The van der Waals surface area contributed by atoms with Crippen molar-refractivity contribution in [2.75, 3.05) is 5.32 Å². The molecule has 3 N–H and O–H groups in total. The Morgan fingerprint density at radius 1 is 1.47 bits per heavy atom. The minimum Gasteiger partial charge on any atom is -0.368 e. The van der Waals surface area contributed by atoms with E-state index < -0.39 is 28.4 Å². The van der Waals surface area contributed by atoms with Crippen LogP contribution in [-0.4, -0.2) is 16.9 Å². The number of nitro benzene ring substituents is 1. The van der Waals surface area contributed by atoms with Gasteiger partial charge in [-0.1, -0.05) is 13.8 Å². The molecule has 104 valence electrons. The molecule has 0 fully saturated rings. The molecule has 6 nitrogen and oxygen atoms in total. The molecule has 7 heteroatoms. The average molecular weight is 269 g/mol. The van der Waals surface area contributed by atoms with E-state index in [1.807, 2.05) is 0 Å². The van der Waals surface area contributed by atoms with Crippen molar-refractivity contribution in [3.63, 3.8) is 0 Å². The Morgan fingerprint density at radius 2 is 2.05 bits per heavy atom. The van der Waals surface area contributed by atoms with Crippen LogP contribution in [0.15, 0.2) is 12.1 Å². The van der Waals surface area contributed by atoms with Crippen molar-refractivity contribution >= 4 is 17.3 Å². The van der Waals surface area contributed by atoms with Crippen LogP contribution in [0.3, 0.4) is 0 Å². The third kappa shape index (κ3) is 3.40. The Kier molecular flexibility index (Phi) is 4.42. The lowest BCUT2D eigenvalue weighted by Crippen LogP contribution is -2.39. The highest BCUT2D eigenvalue weighted by atomic mass is 19.1.